The number of rotatable bonds is 4. The predicted molar refractivity (Wildman–Crippen MR) is 92.1 cm³/mol. The Kier molecular flexibility index (Phi) is 5.82. The number of anilines is 1. The Morgan fingerprint density at radius 1 is 1.24 bits per heavy atom. The van der Waals surface area contributed by atoms with Gasteiger partial charge in [-0.3, -0.25) is 0 Å². The Morgan fingerprint density at radius 2 is 1.86 bits per heavy atom. The molecular weight excluding hydrogens is 282 g/mol. The number of piperidine rings is 1. The first-order valence-electron chi connectivity index (χ1n) is 7.55. The minimum absolute atomic E-state index is 0.191. The van der Waals surface area contributed by atoms with Gasteiger partial charge in [-0.15, -0.1) is 0 Å². The first-order chi connectivity index (χ1) is 10.0. The Balaban J connectivity index is 1.79. The molecule has 0 unspecified atom stereocenters. The smallest absolute Gasteiger partial charge is 0.170 e. The highest BCUT2D eigenvalue weighted by Crippen LogP contribution is 2.17. The number of hydrogen-bond donors (Lipinski definition) is 2. The highest BCUT2D eigenvalue weighted by Gasteiger charge is 2.16. The summed E-state index contributed by atoms with van der Waals surface area (Å²) in [7, 11) is 2.16. The lowest BCUT2D eigenvalue weighted by atomic mass is 10.1. The van der Waals surface area contributed by atoms with Gasteiger partial charge in [-0.2, -0.15) is 0 Å². The largest absolute Gasteiger partial charge is 0.491 e. The number of ether oxygens (including phenoxy) is 1. The molecular formula is C16H25N3OS. The van der Waals surface area contributed by atoms with Crippen molar-refractivity contribution in [2.24, 2.45) is 0 Å². The standard InChI is InChI=1S/C16H25N3OS/c1-12(2)20-15-6-4-13(5-7-15)17-16(21)18-14-8-10-19(3)11-9-14/h4-7,12,14H,8-11H2,1-3H3,(H2,17,18,21). The summed E-state index contributed by atoms with van der Waals surface area (Å²) in [5.74, 6) is 0.879. The summed E-state index contributed by atoms with van der Waals surface area (Å²) in [4.78, 5) is 2.35. The van der Waals surface area contributed by atoms with Crippen molar-refractivity contribution < 1.29 is 4.74 Å². The molecule has 0 aromatic heterocycles. The summed E-state index contributed by atoms with van der Waals surface area (Å²) in [5, 5.41) is 7.33. The third-order valence-corrected chi connectivity index (χ3v) is 3.76. The molecule has 21 heavy (non-hydrogen) atoms. The molecule has 0 radical (unpaired) electrons. The van der Waals surface area contributed by atoms with Gasteiger partial charge in [0.2, 0.25) is 0 Å². The molecule has 0 saturated carbocycles. The zero-order valence-electron chi connectivity index (χ0n) is 13.1. The van der Waals surface area contributed by atoms with Crippen LogP contribution in [0.3, 0.4) is 0 Å². The van der Waals surface area contributed by atoms with Gasteiger partial charge >= 0.3 is 0 Å². The summed E-state index contributed by atoms with van der Waals surface area (Å²) in [6, 6.07) is 8.37. The van der Waals surface area contributed by atoms with E-state index in [4.69, 9.17) is 17.0 Å². The van der Waals surface area contributed by atoms with E-state index < -0.39 is 0 Å². The molecule has 0 bridgehead atoms. The molecule has 2 rings (SSSR count). The Hall–Kier alpha value is -1.33. The second kappa shape index (κ2) is 7.61. The maximum atomic E-state index is 5.62. The lowest BCUT2D eigenvalue weighted by Crippen LogP contribution is -2.44. The van der Waals surface area contributed by atoms with Crippen LogP contribution in [0.5, 0.6) is 5.75 Å². The van der Waals surface area contributed by atoms with E-state index in [0.717, 1.165) is 37.4 Å². The highest BCUT2D eigenvalue weighted by atomic mass is 32.1. The summed E-state index contributed by atoms with van der Waals surface area (Å²) in [5.41, 5.74) is 0.983. The molecule has 0 aliphatic carbocycles. The molecule has 1 aromatic carbocycles. The molecule has 1 fully saturated rings. The van der Waals surface area contributed by atoms with E-state index in [0.29, 0.717) is 11.2 Å². The maximum Gasteiger partial charge on any atom is 0.170 e. The van der Waals surface area contributed by atoms with Crippen LogP contribution in [0.15, 0.2) is 24.3 Å². The van der Waals surface area contributed by atoms with Crippen LogP contribution in [-0.2, 0) is 0 Å². The van der Waals surface area contributed by atoms with Crippen molar-refractivity contribution in [2.45, 2.75) is 38.8 Å². The molecule has 2 N–H and O–H groups in total. The second-order valence-electron chi connectivity index (χ2n) is 5.87. The van der Waals surface area contributed by atoms with Crippen LogP contribution >= 0.6 is 12.2 Å². The molecule has 1 aliphatic rings. The van der Waals surface area contributed by atoms with Crippen molar-refractivity contribution in [1.82, 2.24) is 10.2 Å². The number of benzene rings is 1. The van der Waals surface area contributed by atoms with E-state index >= 15 is 0 Å². The highest BCUT2D eigenvalue weighted by molar-refractivity contribution is 7.80. The molecule has 1 aromatic rings. The quantitative estimate of drug-likeness (QED) is 0.837. The Morgan fingerprint density at radius 3 is 2.43 bits per heavy atom. The molecule has 1 saturated heterocycles. The van der Waals surface area contributed by atoms with Crippen LogP contribution in [0.1, 0.15) is 26.7 Å². The van der Waals surface area contributed by atoms with Crippen molar-refractivity contribution >= 4 is 23.0 Å². The minimum atomic E-state index is 0.191. The molecule has 0 spiro atoms. The third-order valence-electron chi connectivity index (χ3n) is 3.54. The van der Waals surface area contributed by atoms with Crippen molar-refractivity contribution in [3.8, 4) is 5.75 Å². The van der Waals surface area contributed by atoms with E-state index in [1.165, 1.54) is 0 Å². The average Bonchev–Trinajstić information content (AvgIpc) is 2.43. The predicted octanol–water partition coefficient (Wildman–Crippen LogP) is 2.85. The van der Waals surface area contributed by atoms with Crippen molar-refractivity contribution in [2.75, 3.05) is 25.5 Å². The van der Waals surface area contributed by atoms with Gasteiger partial charge in [-0.05, 0) is 83.3 Å². The van der Waals surface area contributed by atoms with Crippen LogP contribution in [-0.4, -0.2) is 42.3 Å². The van der Waals surface area contributed by atoms with Gasteiger partial charge < -0.3 is 20.3 Å². The first-order valence-corrected chi connectivity index (χ1v) is 7.96. The first kappa shape index (κ1) is 16.0. The van der Waals surface area contributed by atoms with Gasteiger partial charge in [0, 0.05) is 11.7 Å². The molecule has 1 aliphatic heterocycles. The Bertz CT molecular complexity index is 453. The molecule has 0 atom stereocenters. The monoisotopic (exact) mass is 307 g/mol. The van der Waals surface area contributed by atoms with Crippen LogP contribution in [0, 0.1) is 0 Å². The van der Waals surface area contributed by atoms with E-state index in [-0.39, 0.29) is 6.10 Å². The van der Waals surface area contributed by atoms with Gasteiger partial charge in [-0.25, -0.2) is 0 Å². The number of nitrogens with zero attached hydrogens (tertiary/aromatic N) is 1. The number of thiocarbonyl (C=S) groups is 1. The summed E-state index contributed by atoms with van der Waals surface area (Å²) in [6.45, 7) is 6.29. The van der Waals surface area contributed by atoms with Crippen LogP contribution in [0.2, 0.25) is 0 Å². The third kappa shape index (κ3) is 5.52. The molecule has 5 heteroatoms. The van der Waals surface area contributed by atoms with E-state index in [9.17, 15) is 0 Å². The molecule has 1 heterocycles. The topological polar surface area (TPSA) is 36.5 Å². The van der Waals surface area contributed by atoms with Crippen LogP contribution in [0.25, 0.3) is 0 Å². The lowest BCUT2D eigenvalue weighted by molar-refractivity contribution is 0.242. The van der Waals surface area contributed by atoms with E-state index in [1.54, 1.807) is 0 Å². The summed E-state index contributed by atoms with van der Waals surface area (Å²) in [6.07, 6.45) is 2.47. The molecule has 116 valence electrons. The van der Waals surface area contributed by atoms with Gasteiger partial charge in [-0.1, -0.05) is 0 Å². The fourth-order valence-electron chi connectivity index (χ4n) is 2.39. The second-order valence-corrected chi connectivity index (χ2v) is 6.28. The SMILES string of the molecule is CC(C)Oc1ccc(NC(=S)NC2CCN(C)CC2)cc1. The fourth-order valence-corrected chi connectivity index (χ4v) is 2.68. The van der Waals surface area contributed by atoms with Crippen molar-refractivity contribution in [3.05, 3.63) is 24.3 Å². The minimum Gasteiger partial charge on any atom is -0.491 e. The van der Waals surface area contributed by atoms with Crippen molar-refractivity contribution in [1.29, 1.82) is 0 Å². The average molecular weight is 307 g/mol. The number of hydrogen-bond acceptors (Lipinski definition) is 3. The zero-order valence-corrected chi connectivity index (χ0v) is 13.9. The summed E-state index contributed by atoms with van der Waals surface area (Å²) < 4.78 is 5.62. The van der Waals surface area contributed by atoms with E-state index in [2.05, 4.69) is 22.6 Å². The number of nitrogens with one attached hydrogen (secondary N) is 2. The zero-order chi connectivity index (χ0) is 15.2. The van der Waals surface area contributed by atoms with Gasteiger partial charge in [0.25, 0.3) is 0 Å². The fraction of sp³-hybridized carbons (Fsp3) is 0.562. The van der Waals surface area contributed by atoms with Crippen LogP contribution < -0.4 is 15.4 Å². The van der Waals surface area contributed by atoms with Crippen molar-refractivity contribution in [3.63, 3.8) is 0 Å². The lowest BCUT2D eigenvalue weighted by Gasteiger charge is -2.30. The summed E-state index contributed by atoms with van der Waals surface area (Å²) >= 11 is 5.38. The maximum absolute atomic E-state index is 5.62. The van der Waals surface area contributed by atoms with Crippen LogP contribution in [0.4, 0.5) is 5.69 Å². The van der Waals surface area contributed by atoms with Gasteiger partial charge in [0.05, 0.1) is 6.10 Å². The van der Waals surface area contributed by atoms with Gasteiger partial charge in [0.15, 0.2) is 5.11 Å². The molecule has 4 nitrogen and oxygen atoms in total. The van der Waals surface area contributed by atoms with E-state index in [1.807, 2.05) is 38.1 Å². The molecule has 0 amide bonds. The normalized spacial score (nSPS) is 16.8. The number of likely N-dealkylation sites (tertiary alicyclic amines) is 1. The Labute approximate surface area is 132 Å². The van der Waals surface area contributed by atoms with Gasteiger partial charge in [0.1, 0.15) is 5.75 Å².